The van der Waals surface area contributed by atoms with Crippen LogP contribution in [0.2, 0.25) is 0 Å². The van der Waals surface area contributed by atoms with Crippen LogP contribution in [0.5, 0.6) is 0 Å². The Balaban J connectivity index is 2.43. The molecule has 9 heteroatoms. The first-order valence-electron chi connectivity index (χ1n) is 6.84. The third-order valence-electron chi connectivity index (χ3n) is 2.96. The average molecular weight is 349 g/mol. The zero-order chi connectivity index (χ0) is 17.7. The second-order valence-electron chi connectivity index (χ2n) is 4.55. The van der Waals surface area contributed by atoms with Gasteiger partial charge in [0.2, 0.25) is 0 Å². The Labute approximate surface area is 138 Å². The molecule has 0 fully saturated rings. The van der Waals surface area contributed by atoms with Crippen molar-refractivity contribution in [2.45, 2.75) is 11.8 Å². The van der Waals surface area contributed by atoms with Gasteiger partial charge in [-0.05, 0) is 24.8 Å². The summed E-state index contributed by atoms with van der Waals surface area (Å²) >= 11 is 0. The van der Waals surface area contributed by atoms with Crippen molar-refractivity contribution >= 4 is 21.4 Å². The van der Waals surface area contributed by atoms with Crippen molar-refractivity contribution in [3.8, 4) is 0 Å². The molecule has 0 bridgehead atoms. The third kappa shape index (κ3) is 3.87. The van der Waals surface area contributed by atoms with Crippen LogP contribution < -0.4 is 5.11 Å². The lowest BCUT2D eigenvalue weighted by atomic mass is 10.1. The van der Waals surface area contributed by atoms with Crippen molar-refractivity contribution in [3.05, 3.63) is 70.2 Å². The number of nitro groups is 1. The Morgan fingerprint density at radius 2 is 1.83 bits per heavy atom. The van der Waals surface area contributed by atoms with Crippen LogP contribution in [0.15, 0.2) is 69.4 Å². The summed E-state index contributed by atoms with van der Waals surface area (Å²) in [7, 11) is -4.13. The number of allylic oxidation sites excluding steroid dienone is 5. The van der Waals surface area contributed by atoms with E-state index >= 15 is 0 Å². The number of hydrogen-bond donors (Lipinski definition) is 0. The lowest BCUT2D eigenvalue weighted by molar-refractivity contribution is -0.384. The van der Waals surface area contributed by atoms with E-state index in [0.717, 1.165) is 24.3 Å². The number of sulfonamides is 1. The van der Waals surface area contributed by atoms with E-state index in [1.54, 1.807) is 13.0 Å². The summed E-state index contributed by atoms with van der Waals surface area (Å²) in [5.41, 5.74) is -0.278. The highest BCUT2D eigenvalue weighted by atomic mass is 32.2. The van der Waals surface area contributed by atoms with Gasteiger partial charge in [0.05, 0.1) is 21.5 Å². The molecule has 24 heavy (non-hydrogen) atoms. The molecule has 0 N–H and O–H groups in total. The van der Waals surface area contributed by atoms with Crippen molar-refractivity contribution in [3.63, 3.8) is 0 Å². The van der Waals surface area contributed by atoms with Crippen LogP contribution in [0.1, 0.15) is 6.92 Å². The van der Waals surface area contributed by atoms with Crippen LogP contribution in [0.25, 0.3) is 0 Å². The second kappa shape index (κ2) is 7.09. The largest absolute Gasteiger partial charge is 0.613 e. The summed E-state index contributed by atoms with van der Waals surface area (Å²) in [6.07, 6.45) is 5.87. The maximum Gasteiger partial charge on any atom is 0.282 e. The van der Waals surface area contributed by atoms with Crippen molar-refractivity contribution < 1.29 is 23.2 Å². The highest BCUT2D eigenvalue weighted by molar-refractivity contribution is 7.90. The SMILES string of the molecule is CCOC([O-])=C1C=CC=CC1=NS(=O)(=O)c1ccc([N+](=O)[O-])cc1. The molecule has 1 aromatic rings. The molecule has 0 heterocycles. The molecule has 0 amide bonds. The van der Waals surface area contributed by atoms with Crippen LogP contribution in [-0.4, -0.2) is 25.7 Å². The molecular weight excluding hydrogens is 336 g/mol. The molecule has 0 atom stereocenters. The van der Waals surface area contributed by atoms with Gasteiger partial charge in [0.15, 0.2) is 0 Å². The molecule has 126 valence electrons. The van der Waals surface area contributed by atoms with Crippen molar-refractivity contribution in [2.75, 3.05) is 6.61 Å². The van der Waals surface area contributed by atoms with E-state index in [1.807, 2.05) is 0 Å². The number of benzene rings is 1. The maximum atomic E-state index is 12.3. The van der Waals surface area contributed by atoms with Crippen molar-refractivity contribution in [2.24, 2.45) is 4.40 Å². The normalized spacial score (nSPS) is 17.8. The lowest BCUT2D eigenvalue weighted by Crippen LogP contribution is -2.17. The Bertz CT molecular complexity index is 864. The van der Waals surface area contributed by atoms with Gasteiger partial charge in [0, 0.05) is 17.7 Å². The van der Waals surface area contributed by atoms with Crippen LogP contribution in [-0.2, 0) is 14.8 Å². The number of nitrogens with zero attached hydrogens (tertiary/aromatic N) is 2. The van der Waals surface area contributed by atoms with Gasteiger partial charge in [0.25, 0.3) is 15.7 Å². The first-order valence-corrected chi connectivity index (χ1v) is 8.28. The first kappa shape index (κ1) is 17.4. The first-order chi connectivity index (χ1) is 11.3. The Hall–Kier alpha value is -2.94. The molecule has 1 aliphatic carbocycles. The Kier molecular flexibility index (Phi) is 5.14. The predicted molar refractivity (Wildman–Crippen MR) is 84.6 cm³/mol. The summed E-state index contributed by atoms with van der Waals surface area (Å²) < 4.78 is 33.2. The monoisotopic (exact) mass is 349 g/mol. The summed E-state index contributed by atoms with van der Waals surface area (Å²) in [6.45, 7) is 1.77. The third-order valence-corrected chi connectivity index (χ3v) is 4.27. The smallest absolute Gasteiger partial charge is 0.282 e. The topological polar surface area (TPSA) is 122 Å². The fourth-order valence-corrected chi connectivity index (χ4v) is 2.86. The molecule has 0 radical (unpaired) electrons. The van der Waals surface area contributed by atoms with Crippen LogP contribution in [0.4, 0.5) is 5.69 Å². The number of ether oxygens (including phenoxy) is 1. The van der Waals surface area contributed by atoms with Crippen molar-refractivity contribution in [1.29, 1.82) is 0 Å². The molecular formula is C15H13N2O6S-. The molecule has 1 aliphatic rings. The molecule has 1 aromatic carbocycles. The summed E-state index contributed by atoms with van der Waals surface area (Å²) in [5.74, 6) is -0.684. The van der Waals surface area contributed by atoms with Gasteiger partial charge in [-0.15, -0.1) is 0 Å². The molecule has 0 spiro atoms. The summed E-state index contributed by atoms with van der Waals surface area (Å²) in [5, 5.41) is 22.5. The van der Waals surface area contributed by atoms with E-state index < -0.39 is 20.9 Å². The van der Waals surface area contributed by atoms with Gasteiger partial charge in [-0.3, -0.25) is 10.1 Å². The van der Waals surface area contributed by atoms with Crippen LogP contribution >= 0.6 is 0 Å². The van der Waals surface area contributed by atoms with E-state index in [1.165, 1.54) is 18.2 Å². The highest BCUT2D eigenvalue weighted by Crippen LogP contribution is 2.20. The lowest BCUT2D eigenvalue weighted by Gasteiger charge is -2.18. The standard InChI is InChI=1S/C15H14N2O6S/c1-2-23-15(18)13-5-3-4-6-14(13)16-24(21,22)12-9-7-11(8-10-12)17(19)20/h3-10,18H,2H2,1H3/p-1. The maximum absolute atomic E-state index is 12.3. The van der Waals surface area contributed by atoms with Crippen LogP contribution in [0, 0.1) is 10.1 Å². The number of nitro benzene ring substituents is 1. The molecule has 0 unspecified atom stereocenters. The van der Waals surface area contributed by atoms with Gasteiger partial charge >= 0.3 is 0 Å². The van der Waals surface area contributed by atoms with E-state index in [2.05, 4.69) is 4.40 Å². The predicted octanol–water partition coefficient (Wildman–Crippen LogP) is 1.46. The van der Waals surface area contributed by atoms with E-state index in [9.17, 15) is 23.6 Å². The number of rotatable bonds is 5. The molecule has 8 nitrogen and oxygen atoms in total. The molecule has 0 saturated heterocycles. The van der Waals surface area contributed by atoms with Crippen molar-refractivity contribution in [1.82, 2.24) is 0 Å². The fourth-order valence-electron chi connectivity index (χ4n) is 1.86. The fraction of sp³-hybridized carbons (Fsp3) is 0.133. The molecule has 2 rings (SSSR count). The van der Waals surface area contributed by atoms with E-state index in [4.69, 9.17) is 4.74 Å². The number of hydrogen-bond acceptors (Lipinski definition) is 6. The minimum atomic E-state index is -4.13. The molecule has 0 saturated carbocycles. The number of non-ortho nitro benzene ring substituents is 1. The van der Waals surface area contributed by atoms with E-state index in [-0.39, 0.29) is 28.5 Å². The Morgan fingerprint density at radius 1 is 1.21 bits per heavy atom. The molecule has 0 aromatic heterocycles. The quantitative estimate of drug-likeness (QED) is 0.450. The van der Waals surface area contributed by atoms with E-state index in [0.29, 0.717) is 0 Å². The van der Waals surface area contributed by atoms with Gasteiger partial charge in [-0.25, -0.2) is 0 Å². The zero-order valence-electron chi connectivity index (χ0n) is 12.6. The minimum absolute atomic E-state index is 0.0184. The summed E-state index contributed by atoms with van der Waals surface area (Å²) in [4.78, 5) is 9.76. The van der Waals surface area contributed by atoms with Gasteiger partial charge in [-0.2, -0.15) is 12.8 Å². The van der Waals surface area contributed by atoms with Gasteiger partial charge < -0.3 is 9.84 Å². The summed E-state index contributed by atoms with van der Waals surface area (Å²) in [6, 6.07) is 4.31. The Morgan fingerprint density at radius 3 is 2.42 bits per heavy atom. The highest BCUT2D eigenvalue weighted by Gasteiger charge is 2.17. The molecule has 0 aliphatic heterocycles. The minimum Gasteiger partial charge on any atom is -0.613 e. The van der Waals surface area contributed by atoms with Gasteiger partial charge in [-0.1, -0.05) is 25.2 Å². The van der Waals surface area contributed by atoms with Gasteiger partial charge in [0.1, 0.15) is 0 Å². The zero-order valence-corrected chi connectivity index (χ0v) is 13.4. The average Bonchev–Trinajstić information content (AvgIpc) is 2.55. The second-order valence-corrected chi connectivity index (χ2v) is 6.16. The van der Waals surface area contributed by atoms with Crippen LogP contribution in [0.3, 0.4) is 0 Å².